The Morgan fingerprint density at radius 3 is 3.00 bits per heavy atom. The van der Waals surface area contributed by atoms with Crippen molar-refractivity contribution in [2.45, 2.75) is 26.7 Å². The molecule has 0 aliphatic carbocycles. The van der Waals surface area contributed by atoms with E-state index in [-0.39, 0.29) is 0 Å². The first-order valence-corrected chi connectivity index (χ1v) is 6.08. The lowest BCUT2D eigenvalue weighted by atomic mass is 10.1. The molecule has 16 heavy (non-hydrogen) atoms. The van der Waals surface area contributed by atoms with Crippen molar-refractivity contribution < 1.29 is 0 Å². The van der Waals surface area contributed by atoms with Gasteiger partial charge in [-0.2, -0.15) is 0 Å². The third kappa shape index (κ3) is 2.45. The lowest BCUT2D eigenvalue weighted by Crippen LogP contribution is -2.14. The molecule has 1 aromatic carbocycles. The Balaban J connectivity index is 2.07. The fraction of sp³-hybridized carbons (Fsp3) is 0.429. The molecule has 2 N–H and O–H groups in total. The Labute approximate surface area is 97.1 Å². The lowest BCUT2D eigenvalue weighted by Gasteiger charge is -2.01. The number of rotatable bonds is 5. The molecule has 0 aliphatic heterocycles. The molecule has 0 spiro atoms. The molecule has 0 amide bonds. The molecular formula is C14H20N2. The summed E-state index contributed by atoms with van der Waals surface area (Å²) in [4.78, 5) is 3.35. The Morgan fingerprint density at radius 1 is 1.31 bits per heavy atom. The van der Waals surface area contributed by atoms with Crippen molar-refractivity contribution in [3.63, 3.8) is 0 Å². The van der Waals surface area contributed by atoms with Crippen LogP contribution in [0.2, 0.25) is 0 Å². The molecule has 2 nitrogen and oxygen atoms in total. The molecule has 0 radical (unpaired) electrons. The van der Waals surface area contributed by atoms with Crippen LogP contribution >= 0.6 is 0 Å². The van der Waals surface area contributed by atoms with Crippen molar-refractivity contribution in [2.75, 3.05) is 13.1 Å². The predicted octanol–water partition coefficient (Wildman–Crippen LogP) is 3.02. The van der Waals surface area contributed by atoms with Gasteiger partial charge in [0.05, 0.1) is 0 Å². The van der Waals surface area contributed by atoms with Crippen LogP contribution in [0.4, 0.5) is 0 Å². The summed E-state index contributed by atoms with van der Waals surface area (Å²) in [6.07, 6.45) is 4.50. The van der Waals surface area contributed by atoms with Crippen LogP contribution in [0.25, 0.3) is 10.9 Å². The smallest absolute Gasteiger partial charge is 0.0459 e. The van der Waals surface area contributed by atoms with Crippen molar-refractivity contribution >= 4 is 10.9 Å². The fourth-order valence-electron chi connectivity index (χ4n) is 2.09. The molecule has 2 aromatic rings. The zero-order valence-corrected chi connectivity index (χ0v) is 10.1. The number of nitrogens with one attached hydrogen (secondary N) is 2. The fourth-order valence-corrected chi connectivity index (χ4v) is 2.09. The standard InChI is InChI=1S/C14H20N2/c1-3-15-8-4-5-12-10-16-14-9-11(2)6-7-13(12)14/h6-7,9-10,15-16H,3-5,8H2,1-2H3. The first-order chi connectivity index (χ1) is 7.81. The minimum Gasteiger partial charge on any atom is -0.361 e. The van der Waals surface area contributed by atoms with Crippen LogP contribution in [0.15, 0.2) is 24.4 Å². The van der Waals surface area contributed by atoms with E-state index in [9.17, 15) is 0 Å². The van der Waals surface area contributed by atoms with Gasteiger partial charge in [-0.1, -0.05) is 19.1 Å². The van der Waals surface area contributed by atoms with Gasteiger partial charge in [0.1, 0.15) is 0 Å². The molecular weight excluding hydrogens is 196 g/mol. The molecule has 0 saturated carbocycles. The van der Waals surface area contributed by atoms with E-state index >= 15 is 0 Å². The average molecular weight is 216 g/mol. The molecule has 0 fully saturated rings. The summed E-state index contributed by atoms with van der Waals surface area (Å²) in [7, 11) is 0. The number of H-pyrrole nitrogens is 1. The minimum atomic E-state index is 1.06. The van der Waals surface area contributed by atoms with Crippen molar-refractivity contribution in [2.24, 2.45) is 0 Å². The van der Waals surface area contributed by atoms with Gasteiger partial charge in [0, 0.05) is 17.1 Å². The number of aromatic amines is 1. The molecule has 0 aliphatic rings. The summed E-state index contributed by atoms with van der Waals surface area (Å²) in [5, 5.41) is 4.73. The number of aryl methyl sites for hydroxylation is 2. The normalized spacial score (nSPS) is 11.1. The van der Waals surface area contributed by atoms with Crippen LogP contribution < -0.4 is 5.32 Å². The van der Waals surface area contributed by atoms with Crippen LogP contribution in [0.3, 0.4) is 0 Å². The van der Waals surface area contributed by atoms with Crippen molar-refractivity contribution in [1.29, 1.82) is 0 Å². The van der Waals surface area contributed by atoms with Gasteiger partial charge in [0.2, 0.25) is 0 Å². The molecule has 2 heteroatoms. The number of hydrogen-bond donors (Lipinski definition) is 2. The monoisotopic (exact) mass is 216 g/mol. The first kappa shape index (κ1) is 11.2. The Kier molecular flexibility index (Phi) is 3.62. The largest absolute Gasteiger partial charge is 0.361 e. The van der Waals surface area contributed by atoms with E-state index in [1.807, 2.05) is 0 Å². The summed E-state index contributed by atoms with van der Waals surface area (Å²) < 4.78 is 0. The Hall–Kier alpha value is -1.28. The number of aromatic nitrogens is 1. The third-order valence-electron chi connectivity index (χ3n) is 2.97. The topological polar surface area (TPSA) is 27.8 Å². The Bertz CT molecular complexity index is 457. The highest BCUT2D eigenvalue weighted by molar-refractivity contribution is 5.83. The van der Waals surface area contributed by atoms with Gasteiger partial charge < -0.3 is 10.3 Å². The van der Waals surface area contributed by atoms with Crippen LogP contribution in [-0.2, 0) is 6.42 Å². The van der Waals surface area contributed by atoms with Gasteiger partial charge in [0.25, 0.3) is 0 Å². The number of hydrogen-bond acceptors (Lipinski definition) is 1. The number of benzene rings is 1. The van der Waals surface area contributed by atoms with Gasteiger partial charge in [-0.15, -0.1) is 0 Å². The van der Waals surface area contributed by atoms with Gasteiger partial charge in [-0.3, -0.25) is 0 Å². The van der Waals surface area contributed by atoms with E-state index in [4.69, 9.17) is 0 Å². The summed E-state index contributed by atoms with van der Waals surface area (Å²) in [5.74, 6) is 0. The van der Waals surface area contributed by atoms with Crippen molar-refractivity contribution in [1.82, 2.24) is 10.3 Å². The summed E-state index contributed by atoms with van der Waals surface area (Å²) in [6, 6.07) is 6.62. The van der Waals surface area contributed by atoms with Crippen molar-refractivity contribution in [3.05, 3.63) is 35.5 Å². The van der Waals surface area contributed by atoms with Gasteiger partial charge in [0.15, 0.2) is 0 Å². The van der Waals surface area contributed by atoms with Crippen LogP contribution in [0, 0.1) is 6.92 Å². The van der Waals surface area contributed by atoms with Crippen molar-refractivity contribution in [3.8, 4) is 0 Å². The molecule has 1 heterocycles. The molecule has 0 atom stereocenters. The maximum atomic E-state index is 3.36. The highest BCUT2D eigenvalue weighted by Gasteiger charge is 2.02. The van der Waals surface area contributed by atoms with Gasteiger partial charge >= 0.3 is 0 Å². The zero-order chi connectivity index (χ0) is 11.4. The Morgan fingerprint density at radius 2 is 2.19 bits per heavy atom. The van der Waals surface area contributed by atoms with Gasteiger partial charge in [-0.05, 0) is 50.0 Å². The summed E-state index contributed by atoms with van der Waals surface area (Å²) in [5.41, 5.74) is 4.01. The predicted molar refractivity (Wildman–Crippen MR) is 69.9 cm³/mol. The highest BCUT2D eigenvalue weighted by Crippen LogP contribution is 2.20. The van der Waals surface area contributed by atoms with E-state index in [0.717, 1.165) is 19.5 Å². The van der Waals surface area contributed by atoms with Crippen LogP contribution in [-0.4, -0.2) is 18.1 Å². The first-order valence-electron chi connectivity index (χ1n) is 6.08. The maximum Gasteiger partial charge on any atom is 0.0459 e. The second-order valence-electron chi connectivity index (χ2n) is 4.32. The van der Waals surface area contributed by atoms with Crippen LogP contribution in [0.1, 0.15) is 24.5 Å². The van der Waals surface area contributed by atoms with E-state index in [0.29, 0.717) is 0 Å². The highest BCUT2D eigenvalue weighted by atomic mass is 14.8. The molecule has 86 valence electrons. The SMILES string of the molecule is CCNCCCc1c[nH]c2cc(C)ccc12. The molecule has 0 bridgehead atoms. The summed E-state index contributed by atoms with van der Waals surface area (Å²) >= 11 is 0. The van der Waals surface area contributed by atoms with E-state index in [1.165, 1.54) is 28.5 Å². The van der Waals surface area contributed by atoms with E-state index in [1.54, 1.807) is 0 Å². The quantitative estimate of drug-likeness (QED) is 0.739. The molecule has 0 unspecified atom stereocenters. The minimum absolute atomic E-state index is 1.06. The molecule has 1 aromatic heterocycles. The molecule has 2 rings (SSSR count). The number of fused-ring (bicyclic) bond motifs is 1. The van der Waals surface area contributed by atoms with E-state index < -0.39 is 0 Å². The summed E-state index contributed by atoms with van der Waals surface area (Å²) in [6.45, 7) is 6.45. The second kappa shape index (κ2) is 5.17. The van der Waals surface area contributed by atoms with Crippen LogP contribution in [0.5, 0.6) is 0 Å². The van der Waals surface area contributed by atoms with Gasteiger partial charge in [-0.25, -0.2) is 0 Å². The third-order valence-corrected chi connectivity index (χ3v) is 2.97. The zero-order valence-electron chi connectivity index (χ0n) is 10.1. The lowest BCUT2D eigenvalue weighted by molar-refractivity contribution is 0.674. The maximum absolute atomic E-state index is 3.36. The molecule has 0 saturated heterocycles. The second-order valence-corrected chi connectivity index (χ2v) is 4.32. The van der Waals surface area contributed by atoms with E-state index in [2.05, 4.69) is 48.5 Å². The average Bonchev–Trinajstić information content (AvgIpc) is 2.67.